The Morgan fingerprint density at radius 1 is 1.12 bits per heavy atom. The third-order valence-corrected chi connectivity index (χ3v) is 4.99. The van der Waals surface area contributed by atoms with Crippen LogP contribution in [0.3, 0.4) is 0 Å². The third-order valence-electron chi connectivity index (χ3n) is 4.04. The molecule has 2 atom stereocenters. The number of ether oxygens (including phenoxy) is 1. The molecule has 0 radical (unpaired) electrons. The van der Waals surface area contributed by atoms with Crippen molar-refractivity contribution in [2.45, 2.75) is 26.1 Å². The van der Waals surface area contributed by atoms with E-state index in [1.54, 1.807) is 11.3 Å². The summed E-state index contributed by atoms with van der Waals surface area (Å²) in [4.78, 5) is 11.5. The molecule has 5 nitrogen and oxygen atoms in total. The zero-order valence-electron chi connectivity index (χ0n) is 13.8. The average Bonchev–Trinajstić information content (AvgIpc) is 2.97. The molecule has 2 unspecified atom stereocenters. The second-order valence-corrected chi connectivity index (χ2v) is 7.21. The number of para-hydroxylation sites is 1. The van der Waals surface area contributed by atoms with Gasteiger partial charge in [0, 0.05) is 13.1 Å². The number of hydrogen-bond acceptors (Lipinski definition) is 6. The molecular weight excluding hydrogens is 320 g/mol. The summed E-state index contributed by atoms with van der Waals surface area (Å²) in [6.45, 7) is 5.96. The number of thiazole rings is 1. The largest absolute Gasteiger partial charge is 0.372 e. The Morgan fingerprint density at radius 3 is 2.62 bits per heavy atom. The number of hydrogen-bond donors (Lipinski definition) is 1. The monoisotopic (exact) mass is 340 g/mol. The zero-order valence-corrected chi connectivity index (χ0v) is 14.6. The second kappa shape index (κ2) is 6.37. The number of aromatic nitrogens is 2. The zero-order chi connectivity index (χ0) is 16.5. The fourth-order valence-electron chi connectivity index (χ4n) is 3.06. The van der Waals surface area contributed by atoms with Crippen molar-refractivity contribution >= 4 is 38.2 Å². The van der Waals surface area contributed by atoms with E-state index in [1.807, 2.05) is 24.4 Å². The van der Waals surface area contributed by atoms with Gasteiger partial charge < -0.3 is 15.0 Å². The summed E-state index contributed by atoms with van der Waals surface area (Å²) >= 11 is 1.65. The predicted molar refractivity (Wildman–Crippen MR) is 99.4 cm³/mol. The molecule has 0 bridgehead atoms. The molecule has 0 aliphatic carbocycles. The van der Waals surface area contributed by atoms with E-state index in [-0.39, 0.29) is 12.2 Å². The van der Waals surface area contributed by atoms with Crippen molar-refractivity contribution in [1.82, 2.24) is 9.97 Å². The predicted octanol–water partition coefficient (Wildman–Crippen LogP) is 4.05. The Labute approximate surface area is 145 Å². The lowest BCUT2D eigenvalue weighted by molar-refractivity contribution is -0.00545. The second-order valence-electron chi connectivity index (χ2n) is 6.18. The average molecular weight is 340 g/mol. The first kappa shape index (κ1) is 15.4. The molecule has 2 aromatic heterocycles. The van der Waals surface area contributed by atoms with E-state index in [9.17, 15) is 0 Å². The van der Waals surface area contributed by atoms with Gasteiger partial charge in [0.05, 0.1) is 34.3 Å². The number of nitrogens with zero attached hydrogens (tertiary/aromatic N) is 3. The Hall–Kier alpha value is -2.18. The number of fused-ring (bicyclic) bond motifs is 1. The number of anilines is 3. The summed E-state index contributed by atoms with van der Waals surface area (Å²) in [6.07, 6.45) is 2.33. The molecule has 1 N–H and O–H groups in total. The number of morpholine rings is 1. The van der Waals surface area contributed by atoms with Crippen LogP contribution in [0.4, 0.5) is 16.6 Å². The number of rotatable bonds is 3. The summed E-state index contributed by atoms with van der Waals surface area (Å²) in [5.74, 6) is 0.992. The molecule has 1 aliphatic heterocycles. The molecule has 1 fully saturated rings. The highest BCUT2D eigenvalue weighted by Gasteiger charge is 2.22. The van der Waals surface area contributed by atoms with Gasteiger partial charge in [0.15, 0.2) is 5.13 Å². The summed E-state index contributed by atoms with van der Waals surface area (Å²) in [5.41, 5.74) is 1.97. The number of benzene rings is 1. The summed E-state index contributed by atoms with van der Waals surface area (Å²) < 4.78 is 6.96. The van der Waals surface area contributed by atoms with Crippen LogP contribution in [-0.2, 0) is 4.74 Å². The Balaban J connectivity index is 1.49. The third kappa shape index (κ3) is 3.20. The van der Waals surface area contributed by atoms with Crippen LogP contribution >= 0.6 is 11.3 Å². The lowest BCUT2D eigenvalue weighted by atomic mass is 10.2. The lowest BCUT2D eigenvalue weighted by Gasteiger charge is -2.36. The molecule has 24 heavy (non-hydrogen) atoms. The van der Waals surface area contributed by atoms with E-state index in [0.29, 0.717) is 0 Å². The smallest absolute Gasteiger partial charge is 0.188 e. The van der Waals surface area contributed by atoms with Crippen molar-refractivity contribution < 1.29 is 4.74 Å². The van der Waals surface area contributed by atoms with E-state index < -0.39 is 0 Å². The Bertz CT molecular complexity index is 789. The van der Waals surface area contributed by atoms with Gasteiger partial charge in [-0.15, -0.1) is 0 Å². The van der Waals surface area contributed by atoms with Crippen molar-refractivity contribution in [3.8, 4) is 0 Å². The molecule has 124 valence electrons. The van der Waals surface area contributed by atoms with Crippen molar-refractivity contribution in [3.63, 3.8) is 0 Å². The van der Waals surface area contributed by atoms with Gasteiger partial charge in [-0.3, -0.25) is 0 Å². The van der Waals surface area contributed by atoms with Gasteiger partial charge in [-0.2, -0.15) is 0 Å². The normalized spacial score (nSPS) is 21.2. The molecule has 1 saturated heterocycles. The van der Waals surface area contributed by atoms with Crippen LogP contribution in [0, 0.1) is 0 Å². The summed E-state index contributed by atoms with van der Waals surface area (Å²) in [7, 11) is 0. The van der Waals surface area contributed by atoms with E-state index in [1.165, 1.54) is 4.70 Å². The molecule has 3 aromatic rings. The van der Waals surface area contributed by atoms with Crippen LogP contribution in [0.25, 0.3) is 10.2 Å². The summed E-state index contributed by atoms with van der Waals surface area (Å²) in [5, 5.41) is 4.23. The standard InChI is InChI=1S/C18H20N4OS/c1-12-10-22(11-13(2)23-12)17-8-7-14(9-19-17)20-18-21-15-5-3-4-6-16(15)24-18/h3-9,12-13H,10-11H2,1-2H3,(H,20,21). The topological polar surface area (TPSA) is 50.3 Å². The minimum Gasteiger partial charge on any atom is -0.372 e. The molecule has 0 saturated carbocycles. The number of nitrogens with one attached hydrogen (secondary N) is 1. The van der Waals surface area contributed by atoms with E-state index in [0.717, 1.165) is 35.2 Å². The van der Waals surface area contributed by atoms with Crippen LogP contribution < -0.4 is 10.2 Å². The number of pyridine rings is 1. The van der Waals surface area contributed by atoms with Gasteiger partial charge in [-0.25, -0.2) is 9.97 Å². The van der Waals surface area contributed by atoms with E-state index in [4.69, 9.17) is 4.74 Å². The Morgan fingerprint density at radius 2 is 1.92 bits per heavy atom. The van der Waals surface area contributed by atoms with Crippen LogP contribution in [-0.4, -0.2) is 35.3 Å². The van der Waals surface area contributed by atoms with Crippen LogP contribution in [0.15, 0.2) is 42.6 Å². The molecule has 1 aliphatic rings. The van der Waals surface area contributed by atoms with E-state index >= 15 is 0 Å². The maximum absolute atomic E-state index is 5.78. The molecule has 0 amide bonds. The first-order valence-electron chi connectivity index (χ1n) is 8.16. The van der Waals surface area contributed by atoms with Crippen molar-refractivity contribution in [2.24, 2.45) is 0 Å². The van der Waals surface area contributed by atoms with Gasteiger partial charge in [-0.1, -0.05) is 23.5 Å². The fraction of sp³-hybridized carbons (Fsp3) is 0.333. The fourth-order valence-corrected chi connectivity index (χ4v) is 3.95. The highest BCUT2D eigenvalue weighted by Crippen LogP contribution is 2.28. The van der Waals surface area contributed by atoms with Gasteiger partial charge in [0.25, 0.3) is 0 Å². The molecular formula is C18H20N4OS. The summed E-state index contributed by atoms with van der Waals surface area (Å²) in [6, 6.07) is 12.3. The van der Waals surface area contributed by atoms with Gasteiger partial charge in [-0.05, 0) is 38.1 Å². The van der Waals surface area contributed by atoms with Crippen LogP contribution in [0.5, 0.6) is 0 Å². The van der Waals surface area contributed by atoms with Crippen LogP contribution in [0.1, 0.15) is 13.8 Å². The first-order valence-corrected chi connectivity index (χ1v) is 8.98. The quantitative estimate of drug-likeness (QED) is 0.779. The van der Waals surface area contributed by atoms with E-state index in [2.05, 4.69) is 52.2 Å². The molecule has 6 heteroatoms. The first-order chi connectivity index (χ1) is 11.7. The molecule has 4 rings (SSSR count). The molecule has 1 aromatic carbocycles. The highest BCUT2D eigenvalue weighted by molar-refractivity contribution is 7.22. The lowest BCUT2D eigenvalue weighted by Crippen LogP contribution is -2.45. The Kier molecular flexibility index (Phi) is 4.08. The maximum Gasteiger partial charge on any atom is 0.188 e. The van der Waals surface area contributed by atoms with Crippen LogP contribution in [0.2, 0.25) is 0 Å². The molecule has 3 heterocycles. The minimum absolute atomic E-state index is 0.232. The van der Waals surface area contributed by atoms with Gasteiger partial charge >= 0.3 is 0 Å². The highest BCUT2D eigenvalue weighted by atomic mass is 32.1. The van der Waals surface area contributed by atoms with Gasteiger partial charge in [0.2, 0.25) is 0 Å². The maximum atomic E-state index is 5.78. The minimum atomic E-state index is 0.232. The SMILES string of the molecule is CC1CN(c2ccc(Nc3nc4ccccc4s3)cn2)CC(C)O1. The van der Waals surface area contributed by atoms with Crippen molar-refractivity contribution in [1.29, 1.82) is 0 Å². The van der Waals surface area contributed by atoms with Crippen molar-refractivity contribution in [3.05, 3.63) is 42.6 Å². The van der Waals surface area contributed by atoms with Gasteiger partial charge in [0.1, 0.15) is 5.82 Å². The molecule has 0 spiro atoms. The van der Waals surface area contributed by atoms with Crippen molar-refractivity contribution in [2.75, 3.05) is 23.3 Å².